The van der Waals surface area contributed by atoms with E-state index in [9.17, 15) is 4.79 Å². The first-order valence-electron chi connectivity index (χ1n) is 3.63. The number of amides is 1. The summed E-state index contributed by atoms with van der Waals surface area (Å²) in [5.74, 6) is -0.0814. The van der Waals surface area contributed by atoms with Crippen LogP contribution >= 0.6 is 0 Å². The summed E-state index contributed by atoms with van der Waals surface area (Å²) in [5, 5.41) is 11.4. The normalized spacial score (nSPS) is 13.4. The molecule has 3 nitrogen and oxygen atoms in total. The lowest BCUT2D eigenvalue weighted by molar-refractivity contribution is 0.0966. The van der Waals surface area contributed by atoms with E-state index in [0.717, 1.165) is 5.56 Å². The second-order valence-corrected chi connectivity index (χ2v) is 2.63. The number of benzene rings is 1. The standard InChI is InChI=1S/C9H6N2O/c10-4-6-2-1-3-7-8(6)5-11-9(7)12/h1-3H,5H2,(H,11,12). The minimum Gasteiger partial charge on any atom is -0.348 e. The molecule has 58 valence electrons. The van der Waals surface area contributed by atoms with E-state index in [1.807, 2.05) is 0 Å². The van der Waals surface area contributed by atoms with Crippen molar-refractivity contribution in [2.24, 2.45) is 0 Å². The molecule has 3 heteroatoms. The monoisotopic (exact) mass is 158 g/mol. The Kier molecular flexibility index (Phi) is 1.34. The van der Waals surface area contributed by atoms with Gasteiger partial charge in [0.05, 0.1) is 11.6 Å². The van der Waals surface area contributed by atoms with Gasteiger partial charge in [-0.25, -0.2) is 0 Å². The maximum atomic E-state index is 11.1. The second kappa shape index (κ2) is 2.35. The van der Waals surface area contributed by atoms with Gasteiger partial charge in [0.25, 0.3) is 5.91 Å². The Morgan fingerprint density at radius 2 is 2.33 bits per heavy atom. The molecule has 1 N–H and O–H groups in total. The van der Waals surface area contributed by atoms with Gasteiger partial charge in [-0.2, -0.15) is 5.26 Å². The fourth-order valence-electron chi connectivity index (χ4n) is 1.36. The lowest BCUT2D eigenvalue weighted by atomic mass is 10.0. The highest BCUT2D eigenvalue weighted by atomic mass is 16.1. The zero-order valence-electron chi connectivity index (χ0n) is 6.29. The fourth-order valence-corrected chi connectivity index (χ4v) is 1.36. The van der Waals surface area contributed by atoms with Gasteiger partial charge < -0.3 is 5.32 Å². The SMILES string of the molecule is N#Cc1cccc2c1CNC2=O. The highest BCUT2D eigenvalue weighted by Crippen LogP contribution is 2.18. The van der Waals surface area contributed by atoms with Crippen LogP contribution in [0.3, 0.4) is 0 Å². The van der Waals surface area contributed by atoms with Gasteiger partial charge in [0, 0.05) is 17.7 Å². The van der Waals surface area contributed by atoms with Crippen molar-refractivity contribution in [1.82, 2.24) is 5.32 Å². The number of hydrogen-bond acceptors (Lipinski definition) is 2. The second-order valence-electron chi connectivity index (χ2n) is 2.63. The molecule has 0 fully saturated rings. The first-order valence-corrected chi connectivity index (χ1v) is 3.63. The number of nitrogens with zero attached hydrogens (tertiary/aromatic N) is 1. The lowest BCUT2D eigenvalue weighted by Gasteiger charge is -1.95. The van der Waals surface area contributed by atoms with E-state index >= 15 is 0 Å². The molecule has 1 aromatic rings. The smallest absolute Gasteiger partial charge is 0.251 e. The van der Waals surface area contributed by atoms with Crippen LogP contribution in [0.15, 0.2) is 18.2 Å². The third-order valence-corrected chi connectivity index (χ3v) is 1.97. The minimum atomic E-state index is -0.0814. The fraction of sp³-hybridized carbons (Fsp3) is 0.111. The number of fused-ring (bicyclic) bond motifs is 1. The largest absolute Gasteiger partial charge is 0.348 e. The van der Waals surface area contributed by atoms with E-state index in [1.54, 1.807) is 18.2 Å². The third kappa shape index (κ3) is 0.785. The van der Waals surface area contributed by atoms with Gasteiger partial charge in [-0.3, -0.25) is 4.79 Å². The van der Waals surface area contributed by atoms with Crippen LogP contribution in [0, 0.1) is 11.3 Å². The Balaban J connectivity index is 2.68. The Morgan fingerprint density at radius 1 is 1.50 bits per heavy atom. The average Bonchev–Trinajstić information content (AvgIpc) is 2.48. The van der Waals surface area contributed by atoms with Gasteiger partial charge in [0.15, 0.2) is 0 Å². The van der Waals surface area contributed by atoms with Crippen LogP contribution < -0.4 is 5.32 Å². The van der Waals surface area contributed by atoms with Crippen molar-refractivity contribution in [3.05, 3.63) is 34.9 Å². The van der Waals surface area contributed by atoms with Crippen molar-refractivity contribution >= 4 is 5.91 Å². The molecule has 0 bridgehead atoms. The van der Waals surface area contributed by atoms with Crippen LogP contribution in [0.1, 0.15) is 21.5 Å². The van der Waals surface area contributed by atoms with Crippen LogP contribution in [0.25, 0.3) is 0 Å². The van der Waals surface area contributed by atoms with Crippen molar-refractivity contribution in [2.45, 2.75) is 6.54 Å². The van der Waals surface area contributed by atoms with Gasteiger partial charge in [-0.05, 0) is 12.1 Å². The van der Waals surface area contributed by atoms with Gasteiger partial charge in [-0.1, -0.05) is 6.07 Å². The summed E-state index contributed by atoms with van der Waals surface area (Å²) in [6, 6.07) is 7.24. The summed E-state index contributed by atoms with van der Waals surface area (Å²) in [6.45, 7) is 0.484. The molecule has 0 saturated carbocycles. The summed E-state index contributed by atoms with van der Waals surface area (Å²) >= 11 is 0. The van der Waals surface area contributed by atoms with E-state index in [2.05, 4.69) is 11.4 Å². The molecule has 1 aliphatic heterocycles. The summed E-state index contributed by atoms with van der Waals surface area (Å²) in [5.41, 5.74) is 2.05. The quantitative estimate of drug-likeness (QED) is 0.607. The van der Waals surface area contributed by atoms with Crippen molar-refractivity contribution in [2.75, 3.05) is 0 Å². The van der Waals surface area contributed by atoms with Crippen molar-refractivity contribution in [3.8, 4) is 6.07 Å². The number of rotatable bonds is 0. The Morgan fingerprint density at radius 3 is 3.08 bits per heavy atom. The number of nitriles is 1. The first kappa shape index (κ1) is 6.86. The molecule has 0 radical (unpaired) electrons. The maximum absolute atomic E-state index is 11.1. The van der Waals surface area contributed by atoms with Gasteiger partial charge in [0.1, 0.15) is 0 Å². The molecular weight excluding hydrogens is 152 g/mol. The summed E-state index contributed by atoms with van der Waals surface area (Å²) in [7, 11) is 0. The van der Waals surface area contributed by atoms with Crippen LogP contribution in [0.5, 0.6) is 0 Å². The molecule has 0 aromatic heterocycles. The summed E-state index contributed by atoms with van der Waals surface area (Å²) in [4.78, 5) is 11.1. The maximum Gasteiger partial charge on any atom is 0.251 e. The highest BCUT2D eigenvalue weighted by Gasteiger charge is 2.20. The molecule has 1 aliphatic rings. The van der Waals surface area contributed by atoms with E-state index < -0.39 is 0 Å². The predicted molar refractivity (Wildman–Crippen MR) is 42.3 cm³/mol. The molecule has 2 rings (SSSR count). The molecule has 1 heterocycles. The van der Waals surface area contributed by atoms with Crippen molar-refractivity contribution in [1.29, 1.82) is 5.26 Å². The van der Waals surface area contributed by atoms with Crippen LogP contribution in [-0.4, -0.2) is 5.91 Å². The zero-order valence-corrected chi connectivity index (χ0v) is 6.29. The number of hydrogen-bond donors (Lipinski definition) is 1. The van der Waals surface area contributed by atoms with Crippen molar-refractivity contribution in [3.63, 3.8) is 0 Å². The van der Waals surface area contributed by atoms with E-state index in [-0.39, 0.29) is 5.91 Å². The molecule has 0 aliphatic carbocycles. The van der Waals surface area contributed by atoms with E-state index in [1.165, 1.54) is 0 Å². The molecule has 0 atom stereocenters. The molecule has 1 amide bonds. The van der Waals surface area contributed by atoms with Gasteiger partial charge >= 0.3 is 0 Å². The van der Waals surface area contributed by atoms with Gasteiger partial charge in [-0.15, -0.1) is 0 Å². The Bertz CT molecular complexity index is 390. The topological polar surface area (TPSA) is 52.9 Å². The average molecular weight is 158 g/mol. The van der Waals surface area contributed by atoms with E-state index in [4.69, 9.17) is 5.26 Å². The lowest BCUT2D eigenvalue weighted by Crippen LogP contribution is -2.12. The van der Waals surface area contributed by atoms with E-state index in [0.29, 0.717) is 17.7 Å². The van der Waals surface area contributed by atoms with Gasteiger partial charge in [0.2, 0.25) is 0 Å². The molecule has 0 saturated heterocycles. The highest BCUT2D eigenvalue weighted by molar-refractivity contribution is 5.98. The Labute approximate surface area is 69.6 Å². The zero-order chi connectivity index (χ0) is 8.55. The first-order chi connectivity index (χ1) is 5.83. The van der Waals surface area contributed by atoms with Crippen LogP contribution in [0.4, 0.5) is 0 Å². The third-order valence-electron chi connectivity index (χ3n) is 1.97. The number of carbonyl (C=O) groups excluding carboxylic acids is 1. The number of carbonyl (C=O) groups is 1. The summed E-state index contributed by atoms with van der Waals surface area (Å²) < 4.78 is 0. The molecule has 1 aromatic carbocycles. The molecule has 0 unspecified atom stereocenters. The molecular formula is C9H6N2O. The van der Waals surface area contributed by atoms with Crippen LogP contribution in [-0.2, 0) is 6.54 Å². The number of nitrogens with one attached hydrogen (secondary N) is 1. The molecule has 12 heavy (non-hydrogen) atoms. The minimum absolute atomic E-state index is 0.0814. The molecule has 0 spiro atoms. The summed E-state index contributed by atoms with van der Waals surface area (Å²) in [6.07, 6.45) is 0. The van der Waals surface area contributed by atoms with Crippen molar-refractivity contribution < 1.29 is 4.79 Å². The van der Waals surface area contributed by atoms with Crippen LogP contribution in [0.2, 0.25) is 0 Å². The Hall–Kier alpha value is -1.82. The predicted octanol–water partition coefficient (Wildman–Crippen LogP) is 0.802.